The fourth-order valence-electron chi connectivity index (χ4n) is 16.3. The second-order valence-corrected chi connectivity index (χ2v) is 37.0. The molecule has 0 bridgehead atoms. The second-order valence-electron chi connectivity index (χ2n) is 33.6. The Hall–Kier alpha value is -9.52. The Kier molecular flexibility index (Phi) is 23.7. The molecule has 0 radical (unpaired) electrons. The first-order chi connectivity index (χ1) is 81.2. The maximum absolute atomic E-state index is 14.4. The smallest absolute Gasteiger partial charge is 0.191 e. The molecule has 776 valence electrons. The number of hydrogen-bond donors (Lipinski definition) is 16. The third kappa shape index (κ3) is 23.8. The summed E-state index contributed by atoms with van der Waals surface area (Å²) in [6.07, 6.45) is -27.6. The van der Waals surface area contributed by atoms with Crippen molar-refractivity contribution in [3.05, 3.63) is 141 Å². The van der Waals surface area contributed by atoms with Gasteiger partial charge in [-0.05, 0) is 148 Å². The van der Waals surface area contributed by atoms with E-state index in [-0.39, 0.29) is 192 Å². The number of aromatic nitrogens is 20. The fraction of sp³-hybridized carbons (Fsp3) is 0.583. The van der Waals surface area contributed by atoms with Gasteiger partial charge in [-0.2, -0.15) is 0 Å². The lowest BCUT2D eigenvalue weighted by Crippen LogP contribution is -2.33. The van der Waals surface area contributed by atoms with E-state index >= 15 is 0 Å². The molecule has 144 heavy (non-hydrogen) atoms. The quantitative estimate of drug-likeness (QED) is 0.00969. The third-order valence-corrected chi connectivity index (χ3v) is 27.2. The first-order valence-electron chi connectivity index (χ1n) is 61.4. The molecule has 0 saturated heterocycles. The van der Waals surface area contributed by atoms with Crippen LogP contribution in [-0.2, 0) is 18.9 Å². The van der Waals surface area contributed by atoms with E-state index in [1.165, 1.54) is 80.9 Å². The Bertz CT molecular complexity index is 8180. The van der Waals surface area contributed by atoms with Crippen LogP contribution in [0.4, 0.5) is 40.8 Å². The van der Waals surface area contributed by atoms with Crippen molar-refractivity contribution in [2.45, 2.75) is 298 Å². The molecule has 4 aromatic carbocycles. The molecular formula is C96H124F4N24O16S4. The number of nitrogens with zero attached hydrogens (tertiary/aromatic N) is 20. The SMILES string of the molecule is [2H]C([2H])(CC)Sc1nc(N[C@]2([2H])C([2H])([2H])[C@@]2([2H])c2ccc(C)c(F)c2)c2nnn([C@@H]3C[C@H](OC([2H])([2H])C([2H])([2H])O)[C@@H](O)[C@H]3O)c2n1.[2H]C([2H])(CC)Sc1nc(N[C@]2([2H])C([2H])([2H])[C@@]2([2H])c2ccc(C)c(F)c2)c2nnn([C@@H]3C[C@H](OCCO)[C@@H](O)[C@H]3O)c2n1.[2H]C([2H])(CO)O[C@H]1C[C@@H](n2nnc3c(N[C@]4([2H])C([2H])([2H])[C@@]4([2H])c4ccc(C)c(F)c4)nc(SC([2H])([2H])CC)nc32)[C@H](O)[C@@H]1O.[2H]C([2H])(O)CO[C@H]1C[C@@H](n2nnc3c(N[C@]4([2H])C([2H])([2H])[C@@]4([2H])c4ccc(C)c(F)c4)nc(SC([2H])([2H])CC)nc32)[C@H](O)[C@@H]1O. The van der Waals surface area contributed by atoms with E-state index in [0.717, 1.165) is 38.3 Å². The summed E-state index contributed by atoms with van der Waals surface area (Å²) in [5.41, 5.74) is -7.45. The first-order valence-corrected chi connectivity index (χ1v) is 48.6. The number of aryl methyl sites for hydroxylation is 4. The van der Waals surface area contributed by atoms with Gasteiger partial charge in [-0.25, -0.2) is 76.2 Å². The number of halogens is 4. The zero-order valence-electron chi connectivity index (χ0n) is 110. The summed E-state index contributed by atoms with van der Waals surface area (Å²) < 4.78 is 349. The molecule has 0 amide bonds. The number of hydrogen-bond acceptors (Lipinski definition) is 40. The molecular weight excluding hydrogens is 1950 g/mol. The predicted molar refractivity (Wildman–Crippen MR) is 530 cm³/mol. The van der Waals surface area contributed by atoms with Crippen molar-refractivity contribution in [3.8, 4) is 0 Å². The van der Waals surface area contributed by atoms with Crippen LogP contribution in [0.5, 0.6) is 0 Å². The summed E-state index contributed by atoms with van der Waals surface area (Å²) in [6, 6.07) is 1.16. The molecule has 8 aromatic heterocycles. The second kappa shape index (κ2) is 47.3. The summed E-state index contributed by atoms with van der Waals surface area (Å²) in [4.78, 5) is 34.6. The van der Waals surface area contributed by atoms with Gasteiger partial charge in [0.1, 0.15) is 72.1 Å². The Morgan fingerprint density at radius 2 is 0.611 bits per heavy atom. The average molecular weight is 2110 g/mol. The summed E-state index contributed by atoms with van der Waals surface area (Å²) >= 11 is 2.52. The molecule has 0 spiro atoms. The van der Waals surface area contributed by atoms with Gasteiger partial charge in [0.25, 0.3) is 0 Å². The Balaban J connectivity index is 0.000000155. The van der Waals surface area contributed by atoms with Crippen molar-refractivity contribution in [1.82, 2.24) is 99.8 Å². The number of benzene rings is 4. The molecule has 0 unspecified atom stereocenters. The molecule has 12 aromatic rings. The van der Waals surface area contributed by atoms with Crippen molar-refractivity contribution in [2.24, 2.45) is 0 Å². The van der Waals surface area contributed by atoms with Gasteiger partial charge in [0.2, 0.25) is 0 Å². The highest BCUT2D eigenvalue weighted by atomic mass is 32.2. The summed E-state index contributed by atoms with van der Waals surface area (Å²) in [5.74, 6) is -12.9. The number of rotatable bonds is 40. The average Bonchev–Trinajstić information content (AvgIpc) is 1.48. The van der Waals surface area contributed by atoms with Crippen molar-refractivity contribution >= 4 is 115 Å². The lowest BCUT2D eigenvalue weighted by atomic mass is 10.1. The van der Waals surface area contributed by atoms with Crippen LogP contribution < -0.4 is 21.3 Å². The van der Waals surface area contributed by atoms with Crippen molar-refractivity contribution in [3.63, 3.8) is 0 Å². The summed E-state index contributed by atoms with van der Waals surface area (Å²) in [6.45, 7) is -1.58. The van der Waals surface area contributed by atoms with Crippen LogP contribution >= 0.6 is 47.0 Å². The van der Waals surface area contributed by atoms with Crippen LogP contribution in [0.1, 0.15) is 241 Å². The molecule has 0 aliphatic heterocycles. The van der Waals surface area contributed by atoms with Gasteiger partial charge in [-0.1, -0.05) is 144 Å². The monoisotopic (exact) mass is 2110 g/mol. The van der Waals surface area contributed by atoms with Gasteiger partial charge in [0.05, 0.1) is 118 Å². The van der Waals surface area contributed by atoms with Crippen molar-refractivity contribution < 1.29 is 142 Å². The minimum absolute atomic E-state index is 0.00253. The molecule has 24 atom stereocenters. The molecule has 8 saturated carbocycles. The predicted octanol–water partition coefficient (Wildman–Crippen LogP) is 8.73. The van der Waals surface area contributed by atoms with Crippen molar-refractivity contribution in [2.75, 3.05) is 96.8 Å². The first kappa shape index (κ1) is 72.0. The van der Waals surface area contributed by atoms with Crippen LogP contribution in [-0.4, -0.2) is 334 Å². The molecule has 48 heteroatoms. The molecule has 8 aliphatic rings. The number of anilines is 4. The van der Waals surface area contributed by atoms with Crippen LogP contribution in [0.25, 0.3) is 44.7 Å². The number of fused-ring (bicyclic) bond motifs is 4. The van der Waals surface area contributed by atoms with Crippen LogP contribution in [0.2, 0.25) is 0 Å². The minimum Gasteiger partial charge on any atom is -0.394 e. The van der Waals surface area contributed by atoms with E-state index in [9.17, 15) is 73.7 Å². The maximum Gasteiger partial charge on any atom is 0.191 e. The standard InChI is InChI=1S/4C24H31FN6O4S/c4*1-3-8-36-24-27-22(26-16-10-14(16)13-5-4-12(2)15(25)9-13)19-23(28-24)31(30-29-19)17-11-18(35-7-6-32)21(34)20(17)33/h4*4-5,9,14,16-18,20-21,32-34H,3,6-8,10-11H2,1-2H3,(H,26,27,28)/t4*14-,16+,17+,18-,20-,21+/m0000/s1/i6D2,7D2,8D2,10D2,14D,16D;7D2,8D2,10D2,14D,16D;6D2,8D2,10D2,14D,16D;8D2,10D2,14D,16D. The Morgan fingerprint density at radius 1 is 0.354 bits per heavy atom. The lowest BCUT2D eigenvalue weighted by Gasteiger charge is -2.17. The Labute approximate surface area is 888 Å². The van der Waals surface area contributed by atoms with E-state index in [4.69, 9.17) is 67.9 Å². The highest BCUT2D eigenvalue weighted by Gasteiger charge is 2.51. The zero-order valence-corrected chi connectivity index (χ0v) is 81.0. The highest BCUT2D eigenvalue weighted by molar-refractivity contribution is 7.99. The molecule has 8 fully saturated rings. The normalized spacial score (nSPS) is 37.2. The maximum atomic E-state index is 14.4. The molecule has 16 N–H and O–H groups in total. The van der Waals surface area contributed by atoms with Crippen LogP contribution in [0.3, 0.4) is 0 Å². The minimum atomic E-state index is -3.45. The lowest BCUT2D eigenvalue weighted by molar-refractivity contribution is -0.0629. The number of aliphatic hydroxyl groups excluding tert-OH is 10. The number of ether oxygens (including phenoxy) is 4. The summed E-state index contributed by atoms with van der Waals surface area (Å²) in [5, 5.41) is 165. The van der Waals surface area contributed by atoms with E-state index < -0.39 is 256 Å². The van der Waals surface area contributed by atoms with Gasteiger partial charge in [0, 0.05) is 124 Å². The molecule has 20 rings (SSSR count). The van der Waals surface area contributed by atoms with Gasteiger partial charge in [0.15, 0.2) is 88.6 Å². The number of nitrogens with one attached hydrogen (secondary N) is 4. The molecule has 8 heterocycles. The van der Waals surface area contributed by atoms with Crippen LogP contribution in [0, 0.1) is 51.0 Å². The van der Waals surface area contributed by atoms with E-state index in [1.807, 2.05) is 0 Å². The topological polar surface area (TPSA) is 554 Å². The number of thioether (sulfide) groups is 4. The van der Waals surface area contributed by atoms with E-state index in [0.29, 0.717) is 52.6 Å². The molecule has 40 nitrogen and oxygen atoms in total. The summed E-state index contributed by atoms with van der Waals surface area (Å²) in [7, 11) is 0. The highest BCUT2D eigenvalue weighted by Crippen LogP contribution is 2.50. The van der Waals surface area contributed by atoms with Gasteiger partial charge < -0.3 is 101 Å². The van der Waals surface area contributed by atoms with Gasteiger partial charge in [-0.3, -0.25) is 0 Å². The van der Waals surface area contributed by atoms with Crippen molar-refractivity contribution in [1.29, 1.82) is 0 Å². The van der Waals surface area contributed by atoms with Gasteiger partial charge in [-0.15, -0.1) is 20.4 Å². The number of aliphatic hydroxyl groups is 12. The largest absolute Gasteiger partial charge is 0.394 e. The van der Waals surface area contributed by atoms with E-state index in [2.05, 4.69) is 102 Å². The van der Waals surface area contributed by atoms with E-state index in [1.54, 1.807) is 27.7 Å². The third-order valence-electron chi connectivity index (χ3n) is 24.0. The van der Waals surface area contributed by atoms with Gasteiger partial charge >= 0.3 is 0 Å². The Morgan fingerprint density at radius 3 is 0.847 bits per heavy atom. The van der Waals surface area contributed by atoms with Crippen LogP contribution in [0.15, 0.2) is 93.4 Å². The fourth-order valence-corrected chi connectivity index (χ4v) is 18.5. The zero-order chi connectivity index (χ0) is 130. The molecule has 8 aliphatic carbocycles.